The van der Waals surface area contributed by atoms with Crippen LogP contribution in [-0.2, 0) is 6.18 Å². The first-order chi connectivity index (χ1) is 16.7. The third-order valence-electron chi connectivity index (χ3n) is 6.73. The van der Waals surface area contributed by atoms with Crippen LogP contribution < -0.4 is 5.32 Å². The summed E-state index contributed by atoms with van der Waals surface area (Å²) >= 11 is 0. The molecule has 2 atom stereocenters. The lowest BCUT2D eigenvalue weighted by Gasteiger charge is -2.39. The van der Waals surface area contributed by atoms with Crippen molar-refractivity contribution in [1.29, 1.82) is 0 Å². The Morgan fingerprint density at radius 1 is 1.20 bits per heavy atom. The zero-order valence-electron chi connectivity index (χ0n) is 18.8. The quantitative estimate of drug-likeness (QED) is 0.535. The number of nitrogens with zero attached hydrogens (tertiary/aromatic N) is 5. The summed E-state index contributed by atoms with van der Waals surface area (Å²) in [7, 11) is 0. The van der Waals surface area contributed by atoms with Crippen molar-refractivity contribution < 1.29 is 22.4 Å². The summed E-state index contributed by atoms with van der Waals surface area (Å²) in [5, 5.41) is 3.06. The van der Waals surface area contributed by atoms with Gasteiger partial charge in [0.05, 0.1) is 17.9 Å². The normalized spacial score (nSPS) is 21.4. The molecule has 2 bridgehead atoms. The van der Waals surface area contributed by atoms with Crippen LogP contribution in [-0.4, -0.2) is 49.4 Å². The van der Waals surface area contributed by atoms with Gasteiger partial charge in [0.25, 0.3) is 5.91 Å². The first-order valence-corrected chi connectivity index (χ1v) is 11.2. The van der Waals surface area contributed by atoms with Gasteiger partial charge in [-0.1, -0.05) is 0 Å². The molecule has 2 unspecified atom stereocenters. The molecular weight excluding hydrogens is 464 g/mol. The lowest BCUT2D eigenvalue weighted by Crippen LogP contribution is -2.52. The molecule has 1 aliphatic heterocycles. The number of aromatic nitrogens is 4. The van der Waals surface area contributed by atoms with Crippen molar-refractivity contribution in [3.8, 4) is 11.3 Å². The zero-order chi connectivity index (χ0) is 24.8. The van der Waals surface area contributed by atoms with E-state index in [9.17, 15) is 22.4 Å². The maximum absolute atomic E-state index is 14.6. The second-order valence-electron chi connectivity index (χ2n) is 9.13. The predicted octanol–water partition coefficient (Wildman–Crippen LogP) is 4.51. The van der Waals surface area contributed by atoms with Gasteiger partial charge in [-0.25, -0.2) is 14.4 Å². The topological polar surface area (TPSA) is 83.9 Å². The SMILES string of the molecule is Cc1cnc(C(=O)N2CC3CCC2(CNc2cnc(C(F)(F)F)cn2)C3)c(-c2ncccc2F)c1. The number of halogens is 4. The highest BCUT2D eigenvalue weighted by atomic mass is 19.4. The maximum atomic E-state index is 14.6. The number of hydrogen-bond donors (Lipinski definition) is 1. The summed E-state index contributed by atoms with van der Waals surface area (Å²) < 4.78 is 52.9. The van der Waals surface area contributed by atoms with E-state index in [1.54, 1.807) is 24.1 Å². The van der Waals surface area contributed by atoms with Crippen LogP contribution in [0.5, 0.6) is 0 Å². The molecule has 3 aromatic heterocycles. The first kappa shape index (κ1) is 23.1. The lowest BCUT2D eigenvalue weighted by atomic mass is 9.95. The largest absolute Gasteiger partial charge is 0.434 e. The molecule has 3 aromatic rings. The van der Waals surface area contributed by atoms with Crippen LogP contribution in [0.4, 0.5) is 23.4 Å². The van der Waals surface area contributed by atoms with E-state index >= 15 is 0 Å². The molecular formula is C24H22F4N6O. The Hall–Kier alpha value is -3.63. The number of alkyl halides is 3. The Kier molecular flexibility index (Phi) is 5.65. The van der Waals surface area contributed by atoms with Crippen molar-refractivity contribution in [3.63, 3.8) is 0 Å². The molecule has 1 N–H and O–H groups in total. The monoisotopic (exact) mass is 486 g/mol. The highest BCUT2D eigenvalue weighted by molar-refractivity contribution is 5.99. The van der Waals surface area contributed by atoms with Crippen molar-refractivity contribution >= 4 is 11.7 Å². The van der Waals surface area contributed by atoms with Crippen molar-refractivity contribution in [3.05, 3.63) is 65.8 Å². The second kappa shape index (κ2) is 8.54. The molecule has 0 radical (unpaired) electrons. The summed E-state index contributed by atoms with van der Waals surface area (Å²) in [5.74, 6) is -0.374. The molecule has 1 amide bonds. The van der Waals surface area contributed by atoms with Crippen LogP contribution in [0.25, 0.3) is 11.3 Å². The number of carbonyl (C=O) groups is 1. The number of anilines is 1. The van der Waals surface area contributed by atoms with E-state index in [1.807, 2.05) is 0 Å². The summed E-state index contributed by atoms with van der Waals surface area (Å²) in [6.07, 6.45) is 2.59. The zero-order valence-corrected chi connectivity index (χ0v) is 18.8. The minimum absolute atomic E-state index is 0.0589. The Labute approximate surface area is 198 Å². The Morgan fingerprint density at radius 2 is 2.03 bits per heavy atom. The fourth-order valence-corrected chi connectivity index (χ4v) is 5.07. The van der Waals surface area contributed by atoms with Crippen LogP contribution in [0.15, 0.2) is 43.0 Å². The maximum Gasteiger partial charge on any atom is 0.434 e. The molecule has 1 saturated carbocycles. The summed E-state index contributed by atoms with van der Waals surface area (Å²) in [5.41, 5.74) is -0.356. The fraction of sp³-hybridized carbons (Fsp3) is 0.375. The number of nitrogens with one attached hydrogen (secondary N) is 1. The molecule has 4 heterocycles. The predicted molar refractivity (Wildman–Crippen MR) is 119 cm³/mol. The molecule has 7 nitrogen and oxygen atoms in total. The number of fused-ring (bicyclic) bond motifs is 2. The van der Waals surface area contributed by atoms with Gasteiger partial charge in [0.2, 0.25) is 0 Å². The van der Waals surface area contributed by atoms with E-state index in [0.717, 1.165) is 31.0 Å². The second-order valence-corrected chi connectivity index (χ2v) is 9.13. The number of amides is 1. The van der Waals surface area contributed by atoms with Crippen LogP contribution >= 0.6 is 0 Å². The average Bonchev–Trinajstić information content (AvgIpc) is 3.41. The average molecular weight is 486 g/mol. The minimum atomic E-state index is -4.57. The Morgan fingerprint density at radius 3 is 2.71 bits per heavy atom. The van der Waals surface area contributed by atoms with E-state index in [-0.39, 0.29) is 23.1 Å². The molecule has 0 spiro atoms. The van der Waals surface area contributed by atoms with Crippen molar-refractivity contribution in [2.75, 3.05) is 18.4 Å². The number of aryl methyl sites for hydroxylation is 1. The van der Waals surface area contributed by atoms with E-state index in [0.29, 0.717) is 30.8 Å². The van der Waals surface area contributed by atoms with Crippen molar-refractivity contribution in [2.24, 2.45) is 5.92 Å². The number of piperidine rings is 1. The molecule has 1 aliphatic carbocycles. The van der Waals surface area contributed by atoms with Gasteiger partial charge in [0, 0.05) is 31.0 Å². The number of hydrogen-bond acceptors (Lipinski definition) is 6. The van der Waals surface area contributed by atoms with Gasteiger partial charge in [-0.15, -0.1) is 0 Å². The first-order valence-electron chi connectivity index (χ1n) is 11.2. The van der Waals surface area contributed by atoms with Crippen molar-refractivity contribution in [2.45, 2.75) is 37.9 Å². The minimum Gasteiger partial charge on any atom is -0.366 e. The van der Waals surface area contributed by atoms with Crippen LogP contribution in [0.1, 0.15) is 41.0 Å². The van der Waals surface area contributed by atoms with Gasteiger partial charge < -0.3 is 10.2 Å². The van der Waals surface area contributed by atoms with E-state index < -0.39 is 23.2 Å². The summed E-state index contributed by atoms with van der Waals surface area (Å²) in [6.45, 7) is 2.63. The van der Waals surface area contributed by atoms with E-state index in [4.69, 9.17) is 0 Å². The van der Waals surface area contributed by atoms with Gasteiger partial charge in [0.1, 0.15) is 23.0 Å². The molecule has 1 saturated heterocycles. The van der Waals surface area contributed by atoms with Gasteiger partial charge in [-0.2, -0.15) is 13.2 Å². The molecule has 11 heteroatoms. The van der Waals surface area contributed by atoms with E-state index in [2.05, 4.69) is 25.3 Å². The van der Waals surface area contributed by atoms with Crippen LogP contribution in [0.2, 0.25) is 0 Å². The third kappa shape index (κ3) is 4.30. The number of likely N-dealkylation sites (tertiary alicyclic amines) is 1. The highest BCUT2D eigenvalue weighted by Gasteiger charge is 2.53. The van der Waals surface area contributed by atoms with Gasteiger partial charge in [-0.05, 0) is 55.9 Å². The van der Waals surface area contributed by atoms with Crippen LogP contribution in [0, 0.1) is 18.7 Å². The standard InChI is InChI=1S/C24H22F4N6O/c1-14-7-16(20-17(25)3-2-6-29-20)21(32-9-14)22(35)34-12-15-4-5-23(34,8-15)13-33-19-11-30-18(10-31-19)24(26,27)28/h2-3,6-7,9-11,15H,4-5,8,12-13H2,1H3,(H,31,33). The summed E-state index contributed by atoms with van der Waals surface area (Å²) in [4.78, 5) is 31.3. The lowest BCUT2D eigenvalue weighted by molar-refractivity contribution is -0.141. The molecule has 0 aromatic carbocycles. The number of carbonyl (C=O) groups excluding carboxylic acids is 1. The molecule has 2 fully saturated rings. The van der Waals surface area contributed by atoms with Gasteiger partial charge >= 0.3 is 6.18 Å². The fourth-order valence-electron chi connectivity index (χ4n) is 5.07. The van der Waals surface area contributed by atoms with Crippen molar-refractivity contribution in [1.82, 2.24) is 24.8 Å². The highest BCUT2D eigenvalue weighted by Crippen LogP contribution is 2.47. The molecule has 182 valence electrons. The molecule has 2 aliphatic rings. The van der Waals surface area contributed by atoms with Crippen LogP contribution in [0.3, 0.4) is 0 Å². The third-order valence-corrected chi connectivity index (χ3v) is 6.73. The van der Waals surface area contributed by atoms with Gasteiger partial charge in [0.15, 0.2) is 5.69 Å². The number of rotatable bonds is 5. The summed E-state index contributed by atoms with van der Waals surface area (Å²) in [6, 6.07) is 4.46. The Bertz CT molecular complexity index is 1270. The molecule has 5 rings (SSSR count). The Balaban J connectivity index is 1.41. The van der Waals surface area contributed by atoms with Gasteiger partial charge in [-0.3, -0.25) is 14.8 Å². The number of pyridine rings is 2. The molecule has 35 heavy (non-hydrogen) atoms. The smallest absolute Gasteiger partial charge is 0.366 e. The van der Waals surface area contributed by atoms with E-state index in [1.165, 1.54) is 18.3 Å².